The predicted octanol–water partition coefficient (Wildman–Crippen LogP) is 4.25. The Morgan fingerprint density at radius 2 is 1.00 bits per heavy atom. The van der Waals surface area contributed by atoms with Crippen LogP contribution in [0.2, 0.25) is 0 Å². The number of carbonyl (C=O) groups is 4. The molecule has 8 heteroatoms. The first-order valence-corrected chi connectivity index (χ1v) is 10.1. The van der Waals surface area contributed by atoms with Gasteiger partial charge in [0.25, 0.3) is 0 Å². The summed E-state index contributed by atoms with van der Waals surface area (Å²) in [6.07, 6.45) is -0.358. The molecule has 2 aromatic rings. The lowest BCUT2D eigenvalue weighted by atomic mass is 9.84. The van der Waals surface area contributed by atoms with Crippen LogP contribution in [0.1, 0.15) is 27.1 Å². The molecule has 0 N–H and O–H groups in total. The molecule has 0 saturated carbocycles. The van der Waals surface area contributed by atoms with Gasteiger partial charge in [-0.05, 0) is 30.7 Å². The van der Waals surface area contributed by atoms with E-state index in [4.69, 9.17) is 9.47 Å². The summed E-state index contributed by atoms with van der Waals surface area (Å²) in [6.45, 7) is 0. The van der Waals surface area contributed by atoms with Gasteiger partial charge in [0.1, 0.15) is 11.8 Å². The molecular weight excluding hydrogens is 508 g/mol. The summed E-state index contributed by atoms with van der Waals surface area (Å²) >= 11 is 6.56. The van der Waals surface area contributed by atoms with E-state index in [0.717, 1.165) is 23.2 Å². The summed E-state index contributed by atoms with van der Waals surface area (Å²) in [4.78, 5) is 50.5. The maximum atomic E-state index is 12.9. The highest BCUT2D eigenvalue weighted by Crippen LogP contribution is 2.25. The minimum atomic E-state index is -1.33. The second-order valence-electron chi connectivity index (χ2n) is 6.13. The minimum absolute atomic E-state index is 0.267. The van der Waals surface area contributed by atoms with Crippen molar-refractivity contribution in [1.82, 2.24) is 0 Å². The molecule has 6 nitrogen and oxygen atoms in total. The van der Waals surface area contributed by atoms with E-state index in [1.165, 1.54) is 0 Å². The first-order chi connectivity index (χ1) is 13.8. The van der Waals surface area contributed by atoms with Crippen LogP contribution in [0.4, 0.5) is 0 Å². The van der Waals surface area contributed by atoms with Crippen LogP contribution in [0.3, 0.4) is 0 Å². The van der Waals surface area contributed by atoms with E-state index >= 15 is 0 Å². The van der Waals surface area contributed by atoms with Gasteiger partial charge >= 0.3 is 11.9 Å². The Labute approximate surface area is 184 Å². The Morgan fingerprint density at radius 3 is 1.28 bits per heavy atom. The Balaban J connectivity index is 2.37. The van der Waals surface area contributed by atoms with Crippen molar-refractivity contribution in [2.24, 2.45) is 11.8 Å². The molecule has 2 unspecified atom stereocenters. The number of carbonyl (C=O) groups excluding carboxylic acids is 4. The SMILES string of the molecule is COC(=O)C(CC(C(=O)OC)C(=O)c1ccc(Br)cc1)C(=O)c1ccc(Br)cc1. The third-order valence-corrected chi connectivity index (χ3v) is 5.39. The highest BCUT2D eigenvalue weighted by molar-refractivity contribution is 9.10. The molecule has 2 atom stereocenters. The lowest BCUT2D eigenvalue weighted by Crippen LogP contribution is -2.34. The van der Waals surface area contributed by atoms with Gasteiger partial charge in [-0.15, -0.1) is 0 Å². The molecule has 0 aliphatic heterocycles. The van der Waals surface area contributed by atoms with Gasteiger partial charge in [0, 0.05) is 20.1 Å². The number of benzene rings is 2. The summed E-state index contributed by atoms with van der Waals surface area (Å²) in [6, 6.07) is 12.8. The fourth-order valence-electron chi connectivity index (χ4n) is 2.77. The molecule has 0 bridgehead atoms. The van der Waals surface area contributed by atoms with Crippen LogP contribution >= 0.6 is 31.9 Å². The summed E-state index contributed by atoms with van der Waals surface area (Å²) in [7, 11) is 2.29. The Kier molecular flexibility index (Phi) is 8.28. The van der Waals surface area contributed by atoms with E-state index in [-0.39, 0.29) is 17.5 Å². The first-order valence-electron chi connectivity index (χ1n) is 8.53. The van der Waals surface area contributed by atoms with Gasteiger partial charge in [0.05, 0.1) is 14.2 Å². The van der Waals surface area contributed by atoms with E-state index in [1.54, 1.807) is 48.5 Å². The number of hydrogen-bond acceptors (Lipinski definition) is 6. The van der Waals surface area contributed by atoms with E-state index < -0.39 is 35.3 Å². The number of halogens is 2. The molecule has 29 heavy (non-hydrogen) atoms. The Hall–Kier alpha value is -2.32. The fourth-order valence-corrected chi connectivity index (χ4v) is 3.30. The first kappa shape index (κ1) is 23.0. The zero-order valence-electron chi connectivity index (χ0n) is 15.7. The van der Waals surface area contributed by atoms with Crippen LogP contribution in [-0.2, 0) is 19.1 Å². The third-order valence-electron chi connectivity index (χ3n) is 4.33. The summed E-state index contributed by atoms with van der Waals surface area (Å²) in [5.41, 5.74) is 0.534. The van der Waals surface area contributed by atoms with Crippen LogP contribution in [0, 0.1) is 11.8 Å². The van der Waals surface area contributed by atoms with Crippen LogP contribution < -0.4 is 0 Å². The number of methoxy groups -OCH3 is 2. The zero-order valence-corrected chi connectivity index (χ0v) is 18.9. The average molecular weight is 526 g/mol. The molecule has 2 aromatic carbocycles. The molecule has 0 spiro atoms. The number of ether oxygens (including phenoxy) is 2. The van der Waals surface area contributed by atoms with Crippen molar-refractivity contribution >= 4 is 55.4 Å². The van der Waals surface area contributed by atoms with Gasteiger partial charge in [-0.25, -0.2) is 0 Å². The van der Waals surface area contributed by atoms with Gasteiger partial charge in [0.15, 0.2) is 11.6 Å². The number of Topliss-reactive ketones (excluding diaryl/α,β-unsaturated/α-hetero) is 2. The van der Waals surface area contributed by atoms with Gasteiger partial charge in [-0.1, -0.05) is 56.1 Å². The second-order valence-corrected chi connectivity index (χ2v) is 7.96. The van der Waals surface area contributed by atoms with Gasteiger partial charge in [-0.3, -0.25) is 19.2 Å². The predicted molar refractivity (Wildman–Crippen MR) is 113 cm³/mol. The zero-order chi connectivity index (χ0) is 21.6. The molecule has 152 valence electrons. The molecule has 0 fully saturated rings. The van der Waals surface area contributed by atoms with Crippen molar-refractivity contribution in [2.45, 2.75) is 6.42 Å². The van der Waals surface area contributed by atoms with Crippen molar-refractivity contribution in [3.63, 3.8) is 0 Å². The maximum Gasteiger partial charge on any atom is 0.316 e. The van der Waals surface area contributed by atoms with Crippen molar-refractivity contribution < 1.29 is 28.7 Å². The van der Waals surface area contributed by atoms with Crippen LogP contribution in [0.5, 0.6) is 0 Å². The molecule has 0 aliphatic carbocycles. The quantitative estimate of drug-likeness (QED) is 0.291. The van der Waals surface area contributed by atoms with Gasteiger partial charge < -0.3 is 9.47 Å². The second kappa shape index (κ2) is 10.5. The Bertz CT molecular complexity index is 830. The molecule has 0 aliphatic rings. The normalized spacial score (nSPS) is 12.6. The molecule has 0 saturated heterocycles. The summed E-state index contributed by atoms with van der Waals surface area (Å²) in [5, 5.41) is 0. The van der Waals surface area contributed by atoms with Crippen LogP contribution in [-0.4, -0.2) is 37.7 Å². The topological polar surface area (TPSA) is 86.7 Å². The standard InChI is InChI=1S/C21H18Br2O6/c1-28-20(26)16(18(24)12-3-7-14(22)8-4-12)11-17(21(27)29-2)19(25)13-5-9-15(23)10-6-13/h3-10,16-17H,11H2,1-2H3. The Morgan fingerprint density at radius 1 is 0.690 bits per heavy atom. The van der Waals surface area contributed by atoms with Crippen LogP contribution in [0.15, 0.2) is 57.5 Å². The monoisotopic (exact) mass is 524 g/mol. The van der Waals surface area contributed by atoms with Gasteiger partial charge in [0.2, 0.25) is 0 Å². The summed E-state index contributed by atoms with van der Waals surface area (Å²) < 4.78 is 11.0. The summed E-state index contributed by atoms with van der Waals surface area (Å²) in [5.74, 6) is -5.39. The molecule has 0 radical (unpaired) electrons. The lowest BCUT2D eigenvalue weighted by molar-refractivity contribution is -0.146. The molecule has 2 rings (SSSR count). The highest BCUT2D eigenvalue weighted by Gasteiger charge is 2.38. The largest absolute Gasteiger partial charge is 0.468 e. The number of rotatable bonds is 8. The van der Waals surface area contributed by atoms with E-state index in [2.05, 4.69) is 31.9 Å². The third kappa shape index (κ3) is 5.83. The van der Waals surface area contributed by atoms with Crippen molar-refractivity contribution in [1.29, 1.82) is 0 Å². The average Bonchev–Trinajstić information content (AvgIpc) is 2.73. The van der Waals surface area contributed by atoms with E-state index in [0.29, 0.717) is 0 Å². The maximum absolute atomic E-state index is 12.9. The number of hydrogen-bond donors (Lipinski definition) is 0. The highest BCUT2D eigenvalue weighted by atomic mass is 79.9. The smallest absolute Gasteiger partial charge is 0.316 e. The van der Waals surface area contributed by atoms with Crippen molar-refractivity contribution in [3.8, 4) is 0 Å². The van der Waals surface area contributed by atoms with Crippen LogP contribution in [0.25, 0.3) is 0 Å². The molecule has 0 amide bonds. The van der Waals surface area contributed by atoms with Gasteiger partial charge in [-0.2, -0.15) is 0 Å². The fraction of sp³-hybridized carbons (Fsp3) is 0.238. The molecule has 0 heterocycles. The van der Waals surface area contributed by atoms with E-state index in [1.807, 2.05) is 0 Å². The molecule has 0 aromatic heterocycles. The number of ketones is 2. The van der Waals surface area contributed by atoms with Crippen molar-refractivity contribution in [2.75, 3.05) is 14.2 Å². The lowest BCUT2D eigenvalue weighted by Gasteiger charge is -2.19. The molecular formula is C21H18Br2O6. The number of esters is 2. The van der Waals surface area contributed by atoms with E-state index in [9.17, 15) is 19.2 Å². The van der Waals surface area contributed by atoms with Crippen molar-refractivity contribution in [3.05, 3.63) is 68.6 Å². The minimum Gasteiger partial charge on any atom is -0.468 e.